The first-order chi connectivity index (χ1) is 14.7. The van der Waals surface area contributed by atoms with E-state index >= 15 is 0 Å². The number of hydroxylamine groups is 4. The Labute approximate surface area is 177 Å². The van der Waals surface area contributed by atoms with Crippen LogP contribution in [0.15, 0.2) is 58.5 Å². The van der Waals surface area contributed by atoms with E-state index in [1.165, 1.54) is 11.1 Å². The number of benzene rings is 2. The maximum Gasteiger partial charge on any atom is 0.223 e. The zero-order valence-electron chi connectivity index (χ0n) is 17.5. The van der Waals surface area contributed by atoms with Crippen molar-refractivity contribution in [1.29, 1.82) is 0 Å². The molecule has 0 atom stereocenters. The molecule has 0 saturated carbocycles. The SMILES string of the molecule is CON1CCN=C1Nc1ccc(CCc2ccc(NC3=NCCN3OC)cc2)cc1. The summed E-state index contributed by atoms with van der Waals surface area (Å²) in [6.07, 6.45) is 1.98. The summed E-state index contributed by atoms with van der Waals surface area (Å²) in [6, 6.07) is 17.0. The van der Waals surface area contributed by atoms with E-state index in [1.807, 2.05) is 0 Å². The highest BCUT2D eigenvalue weighted by atomic mass is 16.7. The van der Waals surface area contributed by atoms with Gasteiger partial charge in [-0.15, -0.1) is 0 Å². The molecule has 0 saturated heterocycles. The molecule has 0 aromatic heterocycles. The quantitative estimate of drug-likeness (QED) is 0.734. The predicted molar refractivity (Wildman–Crippen MR) is 120 cm³/mol. The molecule has 2 aliphatic heterocycles. The van der Waals surface area contributed by atoms with Crippen LogP contribution in [0.4, 0.5) is 11.4 Å². The molecule has 8 nitrogen and oxygen atoms in total. The molecule has 0 fully saturated rings. The Balaban J connectivity index is 1.27. The van der Waals surface area contributed by atoms with Gasteiger partial charge in [0.15, 0.2) is 0 Å². The van der Waals surface area contributed by atoms with E-state index in [4.69, 9.17) is 9.68 Å². The molecule has 0 aliphatic carbocycles. The summed E-state index contributed by atoms with van der Waals surface area (Å²) in [5, 5.41) is 10.1. The first kappa shape index (κ1) is 20.2. The normalized spacial score (nSPS) is 15.9. The van der Waals surface area contributed by atoms with Gasteiger partial charge in [0.25, 0.3) is 0 Å². The number of guanidine groups is 2. The fourth-order valence-corrected chi connectivity index (χ4v) is 3.48. The van der Waals surface area contributed by atoms with Crippen LogP contribution >= 0.6 is 0 Å². The van der Waals surface area contributed by atoms with E-state index in [1.54, 1.807) is 24.3 Å². The third-order valence-electron chi connectivity index (χ3n) is 5.17. The smallest absolute Gasteiger partial charge is 0.223 e. The van der Waals surface area contributed by atoms with Crippen LogP contribution in [0.5, 0.6) is 0 Å². The monoisotopic (exact) mass is 408 g/mol. The van der Waals surface area contributed by atoms with E-state index in [-0.39, 0.29) is 0 Å². The third-order valence-corrected chi connectivity index (χ3v) is 5.17. The number of aliphatic imine (C=N–C) groups is 2. The fraction of sp³-hybridized carbons (Fsp3) is 0.364. The summed E-state index contributed by atoms with van der Waals surface area (Å²) in [4.78, 5) is 19.4. The van der Waals surface area contributed by atoms with Crippen LogP contribution in [0.3, 0.4) is 0 Å². The van der Waals surface area contributed by atoms with Crippen LogP contribution in [0.25, 0.3) is 0 Å². The zero-order valence-corrected chi connectivity index (χ0v) is 17.5. The molecule has 4 rings (SSSR count). The molecule has 2 aliphatic rings. The van der Waals surface area contributed by atoms with Gasteiger partial charge >= 0.3 is 0 Å². The van der Waals surface area contributed by atoms with E-state index in [0.29, 0.717) is 0 Å². The minimum Gasteiger partial charge on any atom is -0.324 e. The summed E-state index contributed by atoms with van der Waals surface area (Å²) in [6.45, 7) is 3.07. The highest BCUT2D eigenvalue weighted by Gasteiger charge is 2.17. The van der Waals surface area contributed by atoms with Gasteiger partial charge in [-0.3, -0.25) is 9.68 Å². The number of nitrogens with one attached hydrogen (secondary N) is 2. The highest BCUT2D eigenvalue weighted by Crippen LogP contribution is 2.16. The average Bonchev–Trinajstić information content (AvgIpc) is 3.43. The molecule has 30 heavy (non-hydrogen) atoms. The molecule has 2 aromatic carbocycles. The number of hydrogen-bond donors (Lipinski definition) is 2. The van der Waals surface area contributed by atoms with Gasteiger partial charge in [0.1, 0.15) is 0 Å². The summed E-state index contributed by atoms with van der Waals surface area (Å²) < 4.78 is 0. The molecule has 0 bridgehead atoms. The summed E-state index contributed by atoms with van der Waals surface area (Å²) in [5.41, 5.74) is 4.63. The van der Waals surface area contributed by atoms with Gasteiger partial charge in [-0.05, 0) is 48.2 Å². The second kappa shape index (κ2) is 9.60. The van der Waals surface area contributed by atoms with Crippen molar-refractivity contribution in [2.24, 2.45) is 9.98 Å². The Hall–Kier alpha value is -3.10. The standard InChI is InChI=1S/C22H28N6O2/c1-29-27-15-13-23-21(27)25-19-9-5-17(6-10-19)3-4-18-7-11-20(12-8-18)26-22-24-14-16-28(22)30-2/h5-12H,3-4,13-16H2,1-2H3,(H,23,25)(H,24,26). The Kier molecular flexibility index (Phi) is 6.46. The lowest BCUT2D eigenvalue weighted by molar-refractivity contribution is -0.0551. The van der Waals surface area contributed by atoms with E-state index in [0.717, 1.165) is 62.3 Å². The molecular weight excluding hydrogens is 380 g/mol. The summed E-state index contributed by atoms with van der Waals surface area (Å²) in [5.74, 6) is 1.52. The number of rotatable bonds is 7. The van der Waals surface area contributed by atoms with Crippen molar-refractivity contribution in [3.05, 3.63) is 59.7 Å². The Morgan fingerprint density at radius 1 is 0.700 bits per heavy atom. The van der Waals surface area contributed by atoms with E-state index in [2.05, 4.69) is 69.1 Å². The van der Waals surface area contributed by atoms with Gasteiger partial charge in [-0.25, -0.2) is 20.1 Å². The highest BCUT2D eigenvalue weighted by molar-refractivity contribution is 5.94. The molecule has 2 heterocycles. The largest absolute Gasteiger partial charge is 0.324 e. The van der Waals surface area contributed by atoms with Crippen molar-refractivity contribution in [3.63, 3.8) is 0 Å². The van der Waals surface area contributed by atoms with Gasteiger partial charge in [0, 0.05) is 11.4 Å². The second-order valence-corrected chi connectivity index (χ2v) is 7.12. The van der Waals surface area contributed by atoms with Crippen LogP contribution in [0.1, 0.15) is 11.1 Å². The van der Waals surface area contributed by atoms with Crippen molar-refractivity contribution in [2.45, 2.75) is 12.8 Å². The van der Waals surface area contributed by atoms with Crippen molar-refractivity contribution in [3.8, 4) is 0 Å². The van der Waals surface area contributed by atoms with Crippen LogP contribution in [-0.2, 0) is 22.5 Å². The summed E-state index contributed by atoms with van der Waals surface area (Å²) >= 11 is 0. The lowest BCUT2D eigenvalue weighted by atomic mass is 10.0. The second-order valence-electron chi connectivity index (χ2n) is 7.12. The van der Waals surface area contributed by atoms with Gasteiger partial charge < -0.3 is 10.6 Å². The van der Waals surface area contributed by atoms with Crippen LogP contribution in [0.2, 0.25) is 0 Å². The van der Waals surface area contributed by atoms with E-state index < -0.39 is 0 Å². The molecule has 0 amide bonds. The predicted octanol–water partition coefficient (Wildman–Crippen LogP) is 2.76. The molecule has 2 N–H and O–H groups in total. The first-order valence-electron chi connectivity index (χ1n) is 10.2. The number of nitrogens with zero attached hydrogens (tertiary/aromatic N) is 4. The minimum atomic E-state index is 0.751. The fourth-order valence-electron chi connectivity index (χ4n) is 3.48. The maximum atomic E-state index is 5.28. The number of aryl methyl sites for hydroxylation is 2. The topological polar surface area (TPSA) is 73.7 Å². The van der Waals surface area contributed by atoms with E-state index in [9.17, 15) is 0 Å². The first-order valence-corrected chi connectivity index (χ1v) is 10.2. The molecule has 0 spiro atoms. The minimum absolute atomic E-state index is 0.751. The van der Waals surface area contributed by atoms with Crippen LogP contribution < -0.4 is 10.6 Å². The number of anilines is 2. The third kappa shape index (κ3) is 4.90. The van der Waals surface area contributed by atoms with Crippen LogP contribution in [0, 0.1) is 0 Å². The average molecular weight is 409 g/mol. The lowest BCUT2D eigenvalue weighted by Crippen LogP contribution is -2.31. The molecule has 158 valence electrons. The summed E-state index contributed by atoms with van der Waals surface area (Å²) in [7, 11) is 3.32. The zero-order chi connectivity index (χ0) is 20.8. The van der Waals surface area contributed by atoms with Crippen molar-refractivity contribution in [1.82, 2.24) is 10.1 Å². The van der Waals surface area contributed by atoms with Crippen molar-refractivity contribution in [2.75, 3.05) is 51.0 Å². The van der Waals surface area contributed by atoms with Crippen LogP contribution in [-0.4, -0.2) is 62.4 Å². The Bertz CT molecular complexity index is 819. The van der Waals surface area contributed by atoms with Gasteiger partial charge in [0.05, 0.1) is 40.4 Å². The lowest BCUT2D eigenvalue weighted by Gasteiger charge is -2.18. The van der Waals surface area contributed by atoms with Gasteiger partial charge in [-0.1, -0.05) is 24.3 Å². The molecule has 0 unspecified atom stereocenters. The van der Waals surface area contributed by atoms with Gasteiger partial charge in [0.2, 0.25) is 11.9 Å². The molecule has 0 radical (unpaired) electrons. The van der Waals surface area contributed by atoms with Crippen molar-refractivity contribution >= 4 is 23.3 Å². The Morgan fingerprint density at radius 3 is 1.47 bits per heavy atom. The number of hydrogen-bond acceptors (Lipinski definition) is 8. The molecule has 2 aromatic rings. The molecule has 8 heteroatoms. The maximum absolute atomic E-state index is 5.28. The molecular formula is C22H28N6O2. The van der Waals surface area contributed by atoms with Gasteiger partial charge in [-0.2, -0.15) is 0 Å². The Morgan fingerprint density at radius 2 is 1.10 bits per heavy atom. The van der Waals surface area contributed by atoms with Crippen molar-refractivity contribution < 1.29 is 9.68 Å².